The number of carbonyl (C=O) groups is 4. The molecule has 0 bridgehead atoms. The van der Waals surface area contributed by atoms with Crippen molar-refractivity contribution < 1.29 is 29.0 Å². The number of amides is 4. The molecule has 1 saturated heterocycles. The first kappa shape index (κ1) is 16.9. The van der Waals surface area contributed by atoms with Gasteiger partial charge in [0.1, 0.15) is 6.04 Å². The number of urea groups is 1. The Morgan fingerprint density at radius 1 is 1.48 bits per heavy atom. The van der Waals surface area contributed by atoms with Crippen LogP contribution in [0.2, 0.25) is 0 Å². The molecule has 0 aromatic rings. The minimum Gasteiger partial charge on any atom is -0.480 e. The van der Waals surface area contributed by atoms with Gasteiger partial charge < -0.3 is 20.5 Å². The molecule has 1 aliphatic rings. The zero-order chi connectivity index (χ0) is 15.8. The highest BCUT2D eigenvalue weighted by atomic mass is 16.5. The molecule has 4 amide bonds. The Morgan fingerprint density at radius 2 is 2.19 bits per heavy atom. The molecule has 10 nitrogen and oxygen atoms in total. The average Bonchev–Trinajstić information content (AvgIpc) is 2.38. The van der Waals surface area contributed by atoms with Crippen LogP contribution in [-0.2, 0) is 19.1 Å². The Labute approximate surface area is 120 Å². The molecule has 1 heterocycles. The van der Waals surface area contributed by atoms with E-state index in [1.807, 2.05) is 5.32 Å². The monoisotopic (exact) mass is 302 g/mol. The van der Waals surface area contributed by atoms with Gasteiger partial charge >= 0.3 is 12.0 Å². The van der Waals surface area contributed by atoms with Crippen LogP contribution in [0.1, 0.15) is 0 Å². The van der Waals surface area contributed by atoms with Crippen LogP contribution < -0.4 is 16.0 Å². The summed E-state index contributed by atoms with van der Waals surface area (Å²) in [5.41, 5.74) is 0. The molecule has 1 aliphatic heterocycles. The smallest absolute Gasteiger partial charge is 0.322 e. The molecule has 0 saturated carbocycles. The molecule has 0 aliphatic carbocycles. The highest BCUT2D eigenvalue weighted by molar-refractivity contribution is 5.96. The number of ether oxygens (including phenoxy) is 1. The zero-order valence-electron chi connectivity index (χ0n) is 11.5. The van der Waals surface area contributed by atoms with E-state index < -0.39 is 23.9 Å². The van der Waals surface area contributed by atoms with Gasteiger partial charge in [-0.1, -0.05) is 0 Å². The number of carboxylic acids is 1. The lowest BCUT2D eigenvalue weighted by Gasteiger charge is -2.31. The summed E-state index contributed by atoms with van der Waals surface area (Å²) in [7, 11) is 1.47. The van der Waals surface area contributed by atoms with Crippen molar-refractivity contribution in [2.75, 3.05) is 39.9 Å². The summed E-state index contributed by atoms with van der Waals surface area (Å²) in [6, 6.07) is -1.70. The molecule has 1 rings (SSSR count). The second-order valence-electron chi connectivity index (χ2n) is 4.36. The van der Waals surface area contributed by atoms with Gasteiger partial charge in [-0.05, 0) is 0 Å². The lowest BCUT2D eigenvalue weighted by atomic mass is 10.2. The van der Waals surface area contributed by atoms with Crippen LogP contribution in [-0.4, -0.2) is 79.8 Å². The first-order chi connectivity index (χ1) is 9.93. The van der Waals surface area contributed by atoms with Gasteiger partial charge in [0.25, 0.3) is 0 Å². The number of rotatable bonds is 6. The standard InChI is InChI=1S/C11H18N4O6/c1-21-3-2-12-11(20)14-9(17)6-15-5-8(16)13-4-7(15)10(18)19/h7H,2-6H2,1H3,(H,13,16)(H,18,19)(H2,12,14,17,20). The molecule has 1 atom stereocenters. The fourth-order valence-electron chi connectivity index (χ4n) is 1.76. The molecule has 0 spiro atoms. The van der Waals surface area contributed by atoms with E-state index in [4.69, 9.17) is 9.84 Å². The number of nitrogens with zero attached hydrogens (tertiary/aromatic N) is 1. The number of hydrogen-bond donors (Lipinski definition) is 4. The van der Waals surface area contributed by atoms with Crippen molar-refractivity contribution in [2.24, 2.45) is 0 Å². The second kappa shape index (κ2) is 8.17. The van der Waals surface area contributed by atoms with Gasteiger partial charge in [0.15, 0.2) is 0 Å². The number of aliphatic carboxylic acids is 1. The SMILES string of the molecule is COCCNC(=O)NC(=O)CN1CC(=O)NCC1C(=O)O. The maximum Gasteiger partial charge on any atom is 0.322 e. The molecule has 21 heavy (non-hydrogen) atoms. The van der Waals surface area contributed by atoms with Crippen molar-refractivity contribution in [3.63, 3.8) is 0 Å². The third-order valence-electron chi connectivity index (χ3n) is 2.76. The summed E-state index contributed by atoms with van der Waals surface area (Å²) in [6.07, 6.45) is 0. The topological polar surface area (TPSA) is 137 Å². The van der Waals surface area contributed by atoms with Crippen LogP contribution in [0.25, 0.3) is 0 Å². The molecule has 0 aromatic heterocycles. The van der Waals surface area contributed by atoms with E-state index in [0.29, 0.717) is 6.61 Å². The quantitative estimate of drug-likeness (QED) is 0.393. The summed E-state index contributed by atoms with van der Waals surface area (Å²) in [4.78, 5) is 46.5. The number of carboxylic acid groups (broad SMARTS) is 1. The van der Waals surface area contributed by atoms with Crippen molar-refractivity contribution in [3.8, 4) is 0 Å². The summed E-state index contributed by atoms with van der Waals surface area (Å²) in [5, 5.41) is 15.9. The molecule has 4 N–H and O–H groups in total. The molecule has 1 fully saturated rings. The number of hydrogen-bond acceptors (Lipinski definition) is 6. The summed E-state index contributed by atoms with van der Waals surface area (Å²) in [6.45, 7) is -0.117. The molecule has 0 aromatic carbocycles. The van der Waals surface area contributed by atoms with Gasteiger partial charge in [0, 0.05) is 20.2 Å². The highest BCUT2D eigenvalue weighted by Gasteiger charge is 2.33. The fourth-order valence-corrected chi connectivity index (χ4v) is 1.76. The van der Waals surface area contributed by atoms with Gasteiger partial charge in [-0.15, -0.1) is 0 Å². The minimum absolute atomic E-state index is 0.0819. The van der Waals surface area contributed by atoms with E-state index in [9.17, 15) is 19.2 Å². The van der Waals surface area contributed by atoms with E-state index in [-0.39, 0.29) is 32.1 Å². The summed E-state index contributed by atoms with van der Waals surface area (Å²) >= 11 is 0. The van der Waals surface area contributed by atoms with Gasteiger partial charge in [-0.25, -0.2) is 4.79 Å². The van der Waals surface area contributed by atoms with E-state index in [1.54, 1.807) is 0 Å². The van der Waals surface area contributed by atoms with Crippen LogP contribution in [0.15, 0.2) is 0 Å². The zero-order valence-corrected chi connectivity index (χ0v) is 11.5. The Balaban J connectivity index is 2.45. The van der Waals surface area contributed by atoms with E-state index in [0.717, 1.165) is 0 Å². The van der Waals surface area contributed by atoms with Gasteiger partial charge in [0.2, 0.25) is 11.8 Å². The Kier molecular flexibility index (Phi) is 6.56. The maximum absolute atomic E-state index is 11.7. The second-order valence-corrected chi connectivity index (χ2v) is 4.36. The van der Waals surface area contributed by atoms with Crippen molar-refractivity contribution in [1.29, 1.82) is 0 Å². The van der Waals surface area contributed by atoms with Crippen molar-refractivity contribution in [3.05, 3.63) is 0 Å². The first-order valence-corrected chi connectivity index (χ1v) is 6.24. The number of nitrogens with one attached hydrogen (secondary N) is 3. The Hall–Kier alpha value is -2.20. The number of carbonyl (C=O) groups excluding carboxylic acids is 3. The predicted octanol–water partition coefficient (Wildman–Crippen LogP) is -2.66. The maximum atomic E-state index is 11.7. The Bertz CT molecular complexity index is 427. The van der Waals surface area contributed by atoms with E-state index in [2.05, 4.69) is 10.6 Å². The first-order valence-electron chi connectivity index (χ1n) is 6.24. The number of imide groups is 1. The van der Waals surface area contributed by atoms with E-state index in [1.165, 1.54) is 12.0 Å². The van der Waals surface area contributed by atoms with Crippen LogP contribution in [0.5, 0.6) is 0 Å². The van der Waals surface area contributed by atoms with Gasteiger partial charge in [-0.3, -0.25) is 24.6 Å². The largest absolute Gasteiger partial charge is 0.480 e. The van der Waals surface area contributed by atoms with Gasteiger partial charge in [-0.2, -0.15) is 0 Å². The summed E-state index contributed by atoms with van der Waals surface area (Å²) < 4.78 is 4.73. The van der Waals surface area contributed by atoms with Crippen molar-refractivity contribution in [1.82, 2.24) is 20.9 Å². The molecular weight excluding hydrogens is 284 g/mol. The predicted molar refractivity (Wildman–Crippen MR) is 69.4 cm³/mol. The third kappa shape index (κ3) is 5.75. The molecular formula is C11H18N4O6. The fraction of sp³-hybridized carbons (Fsp3) is 0.636. The molecule has 118 valence electrons. The van der Waals surface area contributed by atoms with Crippen LogP contribution in [0.4, 0.5) is 4.79 Å². The minimum atomic E-state index is -1.15. The van der Waals surface area contributed by atoms with Crippen LogP contribution in [0.3, 0.4) is 0 Å². The molecule has 0 radical (unpaired) electrons. The van der Waals surface area contributed by atoms with Crippen molar-refractivity contribution >= 4 is 23.8 Å². The number of methoxy groups -OCH3 is 1. The Morgan fingerprint density at radius 3 is 2.81 bits per heavy atom. The van der Waals surface area contributed by atoms with Crippen molar-refractivity contribution in [2.45, 2.75) is 6.04 Å². The third-order valence-corrected chi connectivity index (χ3v) is 2.76. The van der Waals surface area contributed by atoms with E-state index >= 15 is 0 Å². The van der Waals surface area contributed by atoms with Crippen LogP contribution in [0, 0.1) is 0 Å². The normalized spacial score (nSPS) is 18.7. The van der Waals surface area contributed by atoms with Crippen LogP contribution >= 0.6 is 0 Å². The average molecular weight is 302 g/mol. The lowest BCUT2D eigenvalue weighted by Crippen LogP contribution is -2.59. The molecule has 10 heteroatoms. The number of piperazine rings is 1. The highest BCUT2D eigenvalue weighted by Crippen LogP contribution is 2.03. The van der Waals surface area contributed by atoms with Gasteiger partial charge in [0.05, 0.1) is 19.7 Å². The summed E-state index contributed by atoms with van der Waals surface area (Å²) in [5.74, 6) is -2.21. The lowest BCUT2D eigenvalue weighted by molar-refractivity contribution is -0.146. The molecule has 1 unspecified atom stereocenters.